The lowest BCUT2D eigenvalue weighted by Gasteiger charge is -2.38. The van der Waals surface area contributed by atoms with E-state index in [1.807, 2.05) is 6.92 Å². The van der Waals surface area contributed by atoms with Crippen molar-refractivity contribution < 1.29 is 24.1 Å². The fourth-order valence-electron chi connectivity index (χ4n) is 5.77. The van der Waals surface area contributed by atoms with E-state index in [9.17, 15) is 9.90 Å². The molecule has 5 rings (SSSR count). The zero-order valence-electron chi connectivity index (χ0n) is 13.4. The summed E-state index contributed by atoms with van der Waals surface area (Å²) in [6, 6.07) is 6.66. The zero-order chi connectivity index (χ0) is 16.9. The Labute approximate surface area is 144 Å². The van der Waals surface area contributed by atoms with Gasteiger partial charge in [0.1, 0.15) is 0 Å². The average molecular weight is 351 g/mol. The average Bonchev–Trinajstić information content (AvgIpc) is 3.15. The number of benzene rings is 1. The predicted molar refractivity (Wildman–Crippen MR) is 84.2 cm³/mol. The maximum atomic E-state index is 12.6. The second-order valence-corrected chi connectivity index (χ2v) is 8.16. The van der Waals surface area contributed by atoms with Crippen molar-refractivity contribution in [1.29, 1.82) is 0 Å². The largest absolute Gasteiger partial charge is 0.429 e. The summed E-state index contributed by atoms with van der Waals surface area (Å²) < 4.78 is 18.0. The summed E-state index contributed by atoms with van der Waals surface area (Å²) in [6.07, 6.45) is 0.255. The van der Waals surface area contributed by atoms with E-state index in [2.05, 4.69) is 0 Å². The molecule has 5 nitrogen and oxygen atoms in total. The first-order chi connectivity index (χ1) is 11.3. The minimum atomic E-state index is -1.11. The van der Waals surface area contributed by atoms with Crippen molar-refractivity contribution in [2.24, 2.45) is 23.7 Å². The molecule has 1 aromatic carbocycles. The van der Waals surface area contributed by atoms with E-state index in [4.69, 9.17) is 25.8 Å². The van der Waals surface area contributed by atoms with Gasteiger partial charge in [-0.3, -0.25) is 0 Å². The van der Waals surface area contributed by atoms with Crippen LogP contribution in [-0.4, -0.2) is 34.9 Å². The fraction of sp³-hybridized carbons (Fsp3) is 0.611. The summed E-state index contributed by atoms with van der Waals surface area (Å²) in [5.74, 6) is -1.94. The molecule has 1 aromatic rings. The summed E-state index contributed by atoms with van der Waals surface area (Å²) in [4.78, 5) is 12.6. The van der Waals surface area contributed by atoms with Crippen molar-refractivity contribution in [3.05, 3.63) is 34.9 Å². The summed E-state index contributed by atoms with van der Waals surface area (Å²) in [5.41, 5.74) is 0.386. The van der Waals surface area contributed by atoms with Gasteiger partial charge in [-0.15, -0.1) is 0 Å². The SMILES string of the molecule is C[C@@]12O[C@@H]3[C@@H](O)[C@H]4C[C@@H]3[C@@H]1[C@H]4[C@@](C)(OC(=O)c1cccc(Cl)c1)O2. The van der Waals surface area contributed by atoms with E-state index in [-0.39, 0.29) is 29.8 Å². The Morgan fingerprint density at radius 1 is 1.33 bits per heavy atom. The molecule has 2 saturated carbocycles. The molecule has 2 saturated heterocycles. The van der Waals surface area contributed by atoms with E-state index in [1.165, 1.54) is 0 Å². The molecule has 4 aliphatic rings. The highest BCUT2D eigenvalue weighted by Crippen LogP contribution is 2.70. The number of aliphatic hydroxyl groups is 1. The molecule has 0 aromatic heterocycles. The zero-order valence-corrected chi connectivity index (χ0v) is 14.2. The number of carbonyl (C=O) groups is 1. The summed E-state index contributed by atoms with van der Waals surface area (Å²) in [6.45, 7) is 3.69. The number of hydrogen-bond donors (Lipinski definition) is 1. The van der Waals surface area contributed by atoms with Crippen molar-refractivity contribution in [1.82, 2.24) is 0 Å². The van der Waals surface area contributed by atoms with Gasteiger partial charge >= 0.3 is 5.97 Å². The van der Waals surface area contributed by atoms with Gasteiger partial charge in [-0.25, -0.2) is 4.79 Å². The van der Waals surface area contributed by atoms with Crippen LogP contribution in [-0.2, 0) is 14.2 Å². The van der Waals surface area contributed by atoms with Gasteiger partial charge in [0.15, 0.2) is 5.79 Å². The van der Waals surface area contributed by atoms with Crippen molar-refractivity contribution >= 4 is 17.6 Å². The third-order valence-corrected chi connectivity index (χ3v) is 6.63. The quantitative estimate of drug-likeness (QED) is 0.830. The number of fused-ring (bicyclic) bond motifs is 2. The lowest BCUT2D eigenvalue weighted by Crippen LogP contribution is -2.49. The molecule has 8 atom stereocenters. The monoisotopic (exact) mass is 350 g/mol. The van der Waals surface area contributed by atoms with E-state index in [0.717, 1.165) is 6.42 Å². The maximum Gasteiger partial charge on any atom is 0.340 e. The normalized spacial score (nSPS) is 50.5. The van der Waals surface area contributed by atoms with Crippen LogP contribution in [0.5, 0.6) is 0 Å². The maximum absolute atomic E-state index is 12.6. The number of ether oxygens (including phenoxy) is 3. The van der Waals surface area contributed by atoms with Crippen LogP contribution in [0.15, 0.2) is 24.3 Å². The van der Waals surface area contributed by atoms with E-state index in [0.29, 0.717) is 10.6 Å². The molecule has 4 fully saturated rings. The van der Waals surface area contributed by atoms with E-state index >= 15 is 0 Å². The lowest BCUT2D eigenvalue weighted by atomic mass is 9.74. The molecule has 2 aliphatic heterocycles. The third kappa shape index (κ3) is 1.74. The molecule has 0 unspecified atom stereocenters. The Hall–Kier alpha value is -1.14. The van der Waals surface area contributed by atoms with Crippen molar-refractivity contribution in [3.8, 4) is 0 Å². The number of carbonyl (C=O) groups excluding carboxylic acids is 1. The summed E-state index contributed by atoms with van der Waals surface area (Å²) in [7, 11) is 0. The lowest BCUT2D eigenvalue weighted by molar-refractivity contribution is -0.315. The molecular formula is C18H19ClO5. The van der Waals surface area contributed by atoms with Crippen LogP contribution < -0.4 is 0 Å². The topological polar surface area (TPSA) is 65.0 Å². The van der Waals surface area contributed by atoms with Gasteiger partial charge in [0.2, 0.25) is 5.79 Å². The number of aliphatic hydroxyl groups excluding tert-OH is 1. The molecule has 128 valence electrons. The number of halogens is 1. The van der Waals surface area contributed by atoms with Crippen molar-refractivity contribution in [3.63, 3.8) is 0 Å². The molecule has 0 spiro atoms. The molecule has 2 bridgehead atoms. The van der Waals surface area contributed by atoms with Gasteiger partial charge in [0.05, 0.1) is 17.8 Å². The molecule has 1 N–H and O–H groups in total. The molecule has 0 amide bonds. The molecular weight excluding hydrogens is 332 g/mol. The van der Waals surface area contributed by atoms with Gasteiger partial charge in [0.25, 0.3) is 0 Å². The first-order valence-corrected chi connectivity index (χ1v) is 8.75. The van der Waals surface area contributed by atoms with Crippen molar-refractivity contribution in [2.45, 2.75) is 44.1 Å². The highest BCUT2D eigenvalue weighted by Gasteiger charge is 2.79. The van der Waals surface area contributed by atoms with E-state index < -0.39 is 23.6 Å². The second kappa shape index (κ2) is 4.52. The second-order valence-electron chi connectivity index (χ2n) is 7.72. The fourth-order valence-corrected chi connectivity index (χ4v) is 5.96. The summed E-state index contributed by atoms with van der Waals surface area (Å²) >= 11 is 5.96. The number of rotatable bonds is 2. The van der Waals surface area contributed by atoms with Gasteiger partial charge in [-0.05, 0) is 43.4 Å². The van der Waals surface area contributed by atoms with Gasteiger partial charge in [0, 0.05) is 23.8 Å². The van der Waals surface area contributed by atoms with Gasteiger partial charge < -0.3 is 19.3 Å². The van der Waals surface area contributed by atoms with E-state index in [1.54, 1.807) is 31.2 Å². The number of esters is 1. The Morgan fingerprint density at radius 3 is 2.88 bits per heavy atom. The number of hydrogen-bond acceptors (Lipinski definition) is 5. The highest BCUT2D eigenvalue weighted by molar-refractivity contribution is 6.30. The Kier molecular flexibility index (Phi) is 2.85. The molecule has 2 aliphatic carbocycles. The first kappa shape index (κ1) is 15.1. The summed E-state index contributed by atoms with van der Waals surface area (Å²) in [5, 5.41) is 11.0. The first-order valence-electron chi connectivity index (χ1n) is 8.37. The van der Waals surface area contributed by atoms with Crippen LogP contribution in [0.2, 0.25) is 5.02 Å². The molecule has 2 heterocycles. The smallest absolute Gasteiger partial charge is 0.340 e. The van der Waals surface area contributed by atoms with Gasteiger partial charge in [-0.2, -0.15) is 0 Å². The van der Waals surface area contributed by atoms with Crippen molar-refractivity contribution in [2.75, 3.05) is 0 Å². The van der Waals surface area contributed by atoms with Crippen LogP contribution >= 0.6 is 11.6 Å². The molecule has 0 radical (unpaired) electrons. The highest BCUT2D eigenvalue weighted by atomic mass is 35.5. The van der Waals surface area contributed by atoms with Crippen LogP contribution in [0.4, 0.5) is 0 Å². The Morgan fingerprint density at radius 2 is 2.12 bits per heavy atom. The Balaban J connectivity index is 1.48. The molecule has 6 heteroatoms. The third-order valence-electron chi connectivity index (χ3n) is 6.39. The minimum Gasteiger partial charge on any atom is -0.429 e. The van der Waals surface area contributed by atoms with Crippen LogP contribution in [0, 0.1) is 23.7 Å². The predicted octanol–water partition coefficient (Wildman–Crippen LogP) is 2.60. The van der Waals surface area contributed by atoms with Crippen LogP contribution in [0.25, 0.3) is 0 Å². The standard InChI is InChI=1S/C18H19ClO5/c1-17-13-11-7-10(14(20)15(11)22-17)12(13)18(2,24-17)23-16(21)8-4-3-5-9(19)6-8/h3-6,10-15,20H,7H2,1-2H3/t10-,11+,12-,13+,14-,15-,17-,18-/m0/s1. The Bertz CT molecular complexity index is 738. The van der Waals surface area contributed by atoms with Gasteiger partial charge in [-0.1, -0.05) is 17.7 Å². The molecule has 24 heavy (non-hydrogen) atoms. The van der Waals surface area contributed by atoms with Crippen LogP contribution in [0.3, 0.4) is 0 Å². The van der Waals surface area contributed by atoms with Crippen LogP contribution in [0.1, 0.15) is 30.6 Å². The minimum absolute atomic E-state index is 0.0477.